The van der Waals surface area contributed by atoms with Gasteiger partial charge in [-0.2, -0.15) is 0 Å². The van der Waals surface area contributed by atoms with E-state index in [1.54, 1.807) is 23.5 Å². The zero-order valence-corrected chi connectivity index (χ0v) is 41.1. The van der Waals surface area contributed by atoms with Crippen molar-refractivity contribution in [3.05, 3.63) is 35.4 Å². The Morgan fingerprint density at radius 1 is 0.627 bits per heavy atom. The second-order valence-electron chi connectivity index (χ2n) is 22.3. The molecule has 0 radical (unpaired) electrons. The number of carbonyl (C=O) groups is 4. The molecule has 364 valence electrons. The Morgan fingerprint density at radius 3 is 1.52 bits per heavy atom. The van der Waals surface area contributed by atoms with Gasteiger partial charge in [-0.3, -0.25) is 19.2 Å². The Kier molecular flexibility index (Phi) is 13.8. The molecule has 0 aliphatic heterocycles. The number of anilines is 2. The first-order valence-electron chi connectivity index (χ1n) is 26.0. The summed E-state index contributed by atoms with van der Waals surface area (Å²) in [7, 11) is 0. The number of hydrogen-bond donors (Lipinski definition) is 6. The molecule has 2 heterocycles. The van der Waals surface area contributed by atoms with E-state index in [4.69, 9.17) is 14.7 Å². The molecule has 2 amide bonds. The van der Waals surface area contributed by atoms with Crippen molar-refractivity contribution in [2.75, 3.05) is 22.1 Å². The first-order valence-corrected chi connectivity index (χ1v) is 27.9. The molecule has 67 heavy (non-hydrogen) atoms. The maximum absolute atomic E-state index is 14.1. The van der Waals surface area contributed by atoms with Crippen LogP contribution >= 0.6 is 23.5 Å². The fourth-order valence-electron chi connectivity index (χ4n) is 14.7. The Bertz CT molecular complexity index is 2150. The molecule has 4 atom stereocenters. The van der Waals surface area contributed by atoms with Crippen molar-refractivity contribution in [3.63, 3.8) is 0 Å². The summed E-state index contributed by atoms with van der Waals surface area (Å²) >= 11 is 3.24. The highest BCUT2D eigenvalue weighted by Crippen LogP contribution is 2.58. The van der Waals surface area contributed by atoms with E-state index in [2.05, 4.69) is 35.1 Å². The third-order valence-corrected chi connectivity index (χ3v) is 19.7. The molecule has 12 rings (SSSR count). The lowest BCUT2D eigenvalue weighted by Gasteiger charge is -2.59. The Hall–Kier alpha value is -3.56. The van der Waals surface area contributed by atoms with E-state index in [-0.39, 0.29) is 65.6 Å². The number of carbonyl (C=O) groups excluding carboxylic acids is 3. The normalized spacial score (nSPS) is 36.9. The molecule has 2 aromatic rings. The largest absolute Gasteiger partial charge is 0.481 e. The number of nitrogens with one attached hydrogen (secondary N) is 4. The van der Waals surface area contributed by atoms with E-state index in [1.165, 1.54) is 0 Å². The van der Waals surface area contributed by atoms with Crippen molar-refractivity contribution in [2.45, 2.75) is 188 Å². The molecule has 10 fully saturated rings. The quantitative estimate of drug-likeness (QED) is 0.0651. The van der Waals surface area contributed by atoms with Gasteiger partial charge >= 0.3 is 11.9 Å². The molecule has 10 saturated carbocycles. The van der Waals surface area contributed by atoms with Crippen LogP contribution in [0.4, 0.5) is 11.6 Å². The maximum Gasteiger partial charge on any atom is 0.309 e. The molecule has 0 saturated heterocycles. The number of rotatable bonds is 17. The zero-order valence-electron chi connectivity index (χ0n) is 39.4. The summed E-state index contributed by atoms with van der Waals surface area (Å²) in [4.78, 5) is 63.3. The number of carboxylic acids is 1. The summed E-state index contributed by atoms with van der Waals surface area (Å²) in [6.45, 7) is 4.26. The fourth-order valence-corrected chi connectivity index (χ4v) is 16.4. The van der Waals surface area contributed by atoms with Crippen LogP contribution in [0.3, 0.4) is 0 Å². The monoisotopic (exact) mass is 956 g/mol. The van der Waals surface area contributed by atoms with Crippen molar-refractivity contribution in [2.24, 2.45) is 47.3 Å². The van der Waals surface area contributed by atoms with Crippen LogP contribution in [0.5, 0.6) is 0 Å². The van der Waals surface area contributed by atoms with E-state index in [1.807, 2.05) is 24.3 Å². The van der Waals surface area contributed by atoms with Crippen LogP contribution in [0.1, 0.15) is 163 Å². The number of aliphatic carboxylic acids is 1. The van der Waals surface area contributed by atoms with Gasteiger partial charge in [0.05, 0.1) is 28.6 Å². The van der Waals surface area contributed by atoms with Gasteiger partial charge < -0.3 is 36.2 Å². The average molecular weight is 957 g/mol. The summed E-state index contributed by atoms with van der Waals surface area (Å²) in [5, 5.41) is 36.0. The van der Waals surface area contributed by atoms with Gasteiger partial charge in [-0.1, -0.05) is 13.8 Å². The summed E-state index contributed by atoms with van der Waals surface area (Å²) in [5.74, 6) is 4.21. The standard InChI is InChI=1S/C52H72N6O7S2/c1-3-17-66-47-39(45(59)57-43-33-19-29-20-34(43)26-51(64,23-29)25-33)13-16-42(56-47)54-38-11-7-32(8-12-38)50(63)65-52-24-30-21-35(27-52)44(36(22-30)28-52)58-46(60)40-14-15-41(55-48(40)67-18-4-2)53-37-9-5-31(6-10-37)49(61)62/h13-16,29-38,43-44,64H,3-12,17-28H2,1-2H3,(H,53,55)(H,54,56)(H,57,59)(H,58,60)(H,61,62). The first kappa shape index (κ1) is 47.1. The highest BCUT2D eigenvalue weighted by Gasteiger charge is 2.58. The molecule has 13 nitrogen and oxygen atoms in total. The SMILES string of the molecule is CCCSc1nc(NC2CCC(C(=O)OC34CC5CC(C3)C(NC(=O)c3ccc(NC6CCC(C(=O)O)CC6)nc3SCCC)C(C5)C4)CC2)ccc1C(=O)NC1C2CC3CC1CC(O)(C3)C2. The number of hydrogen-bond acceptors (Lipinski definition) is 12. The summed E-state index contributed by atoms with van der Waals surface area (Å²) in [5.41, 5.74) is 0.241. The molecule has 10 aliphatic carbocycles. The minimum absolute atomic E-state index is 0.0402. The van der Waals surface area contributed by atoms with Crippen molar-refractivity contribution in [1.29, 1.82) is 0 Å². The molecule has 0 spiro atoms. The molecule has 4 unspecified atom stereocenters. The summed E-state index contributed by atoms with van der Waals surface area (Å²) in [6.07, 6.45) is 17.3. The number of pyridine rings is 2. The highest BCUT2D eigenvalue weighted by molar-refractivity contribution is 7.99. The Labute approximate surface area is 404 Å². The number of nitrogens with zero attached hydrogens (tertiary/aromatic N) is 2. The van der Waals surface area contributed by atoms with Gasteiger partial charge in [-0.25, -0.2) is 9.97 Å². The van der Waals surface area contributed by atoms with Gasteiger partial charge in [0.1, 0.15) is 27.3 Å². The lowest BCUT2D eigenvalue weighted by molar-refractivity contribution is -0.195. The number of aromatic nitrogens is 2. The van der Waals surface area contributed by atoms with Gasteiger partial charge in [0.25, 0.3) is 11.8 Å². The number of aliphatic hydroxyl groups is 1. The molecule has 15 heteroatoms. The molecule has 6 N–H and O–H groups in total. The van der Waals surface area contributed by atoms with Crippen molar-refractivity contribution < 1.29 is 34.1 Å². The van der Waals surface area contributed by atoms with Crippen LogP contribution in [0.25, 0.3) is 0 Å². The summed E-state index contributed by atoms with van der Waals surface area (Å²) < 4.78 is 6.63. The zero-order chi connectivity index (χ0) is 46.5. The van der Waals surface area contributed by atoms with E-state index >= 15 is 0 Å². The number of carboxylic acid groups (broad SMARTS) is 1. The minimum Gasteiger partial charge on any atom is -0.481 e. The Morgan fingerprint density at radius 2 is 1.07 bits per heavy atom. The van der Waals surface area contributed by atoms with E-state index in [9.17, 15) is 29.4 Å². The smallest absolute Gasteiger partial charge is 0.309 e. The lowest BCUT2D eigenvalue weighted by Crippen LogP contribution is -2.63. The van der Waals surface area contributed by atoms with Gasteiger partial charge in [0.2, 0.25) is 0 Å². The third-order valence-electron chi connectivity index (χ3n) is 17.3. The predicted octanol–water partition coefficient (Wildman–Crippen LogP) is 9.10. The van der Waals surface area contributed by atoms with E-state index in [0.29, 0.717) is 47.6 Å². The molecule has 10 aliphatic rings. The van der Waals surface area contributed by atoms with Crippen LogP contribution in [-0.4, -0.2) is 90.8 Å². The van der Waals surface area contributed by atoms with Crippen LogP contribution < -0.4 is 21.3 Å². The maximum atomic E-state index is 14.1. The van der Waals surface area contributed by atoms with Crippen LogP contribution in [0.15, 0.2) is 34.3 Å². The lowest BCUT2D eigenvalue weighted by atomic mass is 9.52. The number of ether oxygens (including phenoxy) is 1. The van der Waals surface area contributed by atoms with Crippen LogP contribution in [-0.2, 0) is 14.3 Å². The molecule has 0 aromatic carbocycles. The van der Waals surface area contributed by atoms with Gasteiger partial charge in [0, 0.05) is 24.2 Å². The highest BCUT2D eigenvalue weighted by atomic mass is 32.2. The van der Waals surface area contributed by atoms with Crippen molar-refractivity contribution in [3.8, 4) is 0 Å². The first-order chi connectivity index (χ1) is 32.3. The van der Waals surface area contributed by atoms with Crippen molar-refractivity contribution in [1.82, 2.24) is 20.6 Å². The number of esters is 1. The number of amides is 2. The molecule has 8 bridgehead atoms. The Balaban J connectivity index is 0.717. The van der Waals surface area contributed by atoms with E-state index in [0.717, 1.165) is 149 Å². The van der Waals surface area contributed by atoms with Gasteiger partial charge in [-0.05, 0) is 200 Å². The minimum atomic E-state index is -0.712. The molecular weight excluding hydrogens is 885 g/mol. The van der Waals surface area contributed by atoms with E-state index < -0.39 is 17.2 Å². The summed E-state index contributed by atoms with van der Waals surface area (Å²) in [6, 6.07) is 8.14. The van der Waals surface area contributed by atoms with Crippen molar-refractivity contribution >= 4 is 58.9 Å². The molecule has 2 aromatic heterocycles. The predicted molar refractivity (Wildman–Crippen MR) is 260 cm³/mol. The third kappa shape index (κ3) is 10.2. The second kappa shape index (κ2) is 19.7. The topological polar surface area (TPSA) is 192 Å². The van der Waals surface area contributed by atoms with Gasteiger partial charge in [0.15, 0.2) is 0 Å². The van der Waals surface area contributed by atoms with Gasteiger partial charge in [-0.15, -0.1) is 23.5 Å². The molecular formula is C52H72N6O7S2. The number of thioether (sulfide) groups is 2. The average Bonchev–Trinajstić information content (AvgIpc) is 3.29. The fraction of sp³-hybridized carbons (Fsp3) is 0.731. The van der Waals surface area contributed by atoms with Crippen LogP contribution in [0.2, 0.25) is 0 Å². The second-order valence-corrected chi connectivity index (χ2v) is 24.5. The van der Waals surface area contributed by atoms with Crippen LogP contribution in [0, 0.1) is 47.3 Å².